The van der Waals surface area contributed by atoms with Crippen LogP contribution >= 0.6 is 0 Å². The lowest BCUT2D eigenvalue weighted by atomic mass is 9.94. The van der Waals surface area contributed by atoms with Crippen molar-refractivity contribution in [2.45, 2.75) is 78.1 Å². The normalized spacial score (nSPS) is 13.5. The molecular formula is C28H41N3O7. The molecule has 210 valence electrons. The Kier molecular flexibility index (Phi) is 12.8. The van der Waals surface area contributed by atoms with E-state index in [4.69, 9.17) is 11.2 Å². The second kappa shape index (κ2) is 15.0. The maximum atomic E-state index is 13.9. The Bertz CT molecular complexity index is 1010. The first-order valence-electron chi connectivity index (χ1n) is 12.6. The van der Waals surface area contributed by atoms with Crippen molar-refractivity contribution in [2.75, 3.05) is 20.3 Å². The highest BCUT2D eigenvalue weighted by molar-refractivity contribution is 5.93. The van der Waals surface area contributed by atoms with E-state index in [2.05, 4.69) is 21.3 Å². The van der Waals surface area contributed by atoms with E-state index >= 15 is 0 Å². The van der Waals surface area contributed by atoms with Crippen LogP contribution in [0, 0.1) is 18.3 Å². The summed E-state index contributed by atoms with van der Waals surface area (Å²) in [5.74, 6) is 0.803. The molecule has 0 spiro atoms. The number of carbonyl (C=O) groups is 4. The van der Waals surface area contributed by atoms with Crippen LogP contribution in [0.4, 0.5) is 4.79 Å². The number of aliphatic hydroxyl groups excluding tert-OH is 1. The lowest BCUT2D eigenvalue weighted by Gasteiger charge is -2.38. The summed E-state index contributed by atoms with van der Waals surface area (Å²) in [6, 6.07) is 3.47. The fourth-order valence-corrected chi connectivity index (χ4v) is 3.74. The van der Waals surface area contributed by atoms with Crippen molar-refractivity contribution in [2.24, 2.45) is 5.92 Å². The Hall–Kier alpha value is -3.58. The Morgan fingerprint density at radius 1 is 1.11 bits per heavy atom. The first-order chi connectivity index (χ1) is 17.7. The van der Waals surface area contributed by atoms with Crippen LogP contribution in [0.2, 0.25) is 0 Å². The molecule has 0 aliphatic rings. The molecule has 0 heterocycles. The summed E-state index contributed by atoms with van der Waals surface area (Å²) in [5, 5.41) is 15.0. The number of carbonyl (C=O) groups excluding carboxylic acids is 4. The summed E-state index contributed by atoms with van der Waals surface area (Å²) < 4.78 is 9.89. The zero-order valence-corrected chi connectivity index (χ0v) is 23.4. The number of hydrogen-bond acceptors (Lipinski definition) is 7. The van der Waals surface area contributed by atoms with Crippen LogP contribution in [0.5, 0.6) is 0 Å². The van der Waals surface area contributed by atoms with Gasteiger partial charge in [-0.15, -0.1) is 6.42 Å². The fraction of sp³-hybridized carbons (Fsp3) is 0.571. The van der Waals surface area contributed by atoms with Gasteiger partial charge in [0.05, 0.1) is 13.7 Å². The van der Waals surface area contributed by atoms with Crippen molar-refractivity contribution in [1.82, 2.24) is 15.5 Å². The van der Waals surface area contributed by atoms with Crippen LogP contribution in [0.25, 0.3) is 0 Å². The molecule has 3 atom stereocenters. The van der Waals surface area contributed by atoms with Gasteiger partial charge in [-0.25, -0.2) is 4.79 Å². The zero-order valence-electron chi connectivity index (χ0n) is 23.4. The molecule has 0 aliphatic carbocycles. The van der Waals surface area contributed by atoms with E-state index in [9.17, 15) is 24.3 Å². The van der Waals surface area contributed by atoms with E-state index in [1.165, 1.54) is 12.0 Å². The standard InChI is InChI=1S/C28H41N3O7/c1-9-20-12-10-11-13-21(20)24(25(34)29-16-23(33)37-8)31(19(4)15-14-18(2)3)26(35)22(17-32)30-27(36)38-28(5,6)7/h1,10-13,18-19,22,24,32H,14-17H2,2-8H3,(H,29,34)(H,30,36). The van der Waals surface area contributed by atoms with E-state index < -0.39 is 60.8 Å². The van der Waals surface area contributed by atoms with Crippen molar-refractivity contribution in [1.29, 1.82) is 0 Å². The molecule has 3 N–H and O–H groups in total. The van der Waals surface area contributed by atoms with Gasteiger partial charge in [0.15, 0.2) is 0 Å². The largest absolute Gasteiger partial charge is 0.468 e. The van der Waals surface area contributed by atoms with Crippen molar-refractivity contribution >= 4 is 23.9 Å². The van der Waals surface area contributed by atoms with Crippen LogP contribution in [0.15, 0.2) is 24.3 Å². The number of hydrogen-bond donors (Lipinski definition) is 3. The molecule has 3 unspecified atom stereocenters. The zero-order chi connectivity index (χ0) is 29.0. The number of nitrogens with one attached hydrogen (secondary N) is 2. The number of terminal acetylenes is 1. The van der Waals surface area contributed by atoms with Crippen molar-refractivity contribution in [3.05, 3.63) is 35.4 Å². The van der Waals surface area contributed by atoms with Gasteiger partial charge in [-0.3, -0.25) is 14.4 Å². The van der Waals surface area contributed by atoms with E-state index in [0.29, 0.717) is 23.5 Å². The maximum absolute atomic E-state index is 13.9. The Morgan fingerprint density at radius 3 is 2.26 bits per heavy atom. The predicted molar refractivity (Wildman–Crippen MR) is 143 cm³/mol. The van der Waals surface area contributed by atoms with Crippen LogP contribution in [0.1, 0.15) is 71.6 Å². The molecule has 0 bridgehead atoms. The van der Waals surface area contributed by atoms with Gasteiger partial charge in [-0.05, 0) is 58.1 Å². The SMILES string of the molecule is C#Cc1ccccc1C(C(=O)NCC(=O)OC)N(C(=O)C(CO)NC(=O)OC(C)(C)C)C(C)CCC(C)C. The number of alkyl carbamates (subject to hydrolysis) is 1. The molecule has 10 nitrogen and oxygen atoms in total. The van der Waals surface area contributed by atoms with Gasteiger partial charge >= 0.3 is 12.1 Å². The summed E-state index contributed by atoms with van der Waals surface area (Å²) in [5.41, 5.74) is -0.101. The number of methoxy groups -OCH3 is 1. The average molecular weight is 532 g/mol. The number of rotatable bonds is 12. The van der Waals surface area contributed by atoms with Crippen molar-refractivity contribution in [3.8, 4) is 12.3 Å². The topological polar surface area (TPSA) is 134 Å². The van der Waals surface area contributed by atoms with E-state index in [1.807, 2.05) is 13.8 Å². The van der Waals surface area contributed by atoms with Gasteiger partial charge in [-0.2, -0.15) is 0 Å². The highest BCUT2D eigenvalue weighted by Crippen LogP contribution is 2.29. The molecule has 1 rings (SSSR count). The van der Waals surface area contributed by atoms with Crippen LogP contribution in [-0.4, -0.2) is 71.8 Å². The summed E-state index contributed by atoms with van der Waals surface area (Å²) in [7, 11) is 1.19. The molecule has 0 fully saturated rings. The highest BCUT2D eigenvalue weighted by atomic mass is 16.6. The summed E-state index contributed by atoms with van der Waals surface area (Å²) in [6.07, 6.45) is 6.09. The molecule has 0 saturated heterocycles. The monoisotopic (exact) mass is 531 g/mol. The summed E-state index contributed by atoms with van der Waals surface area (Å²) in [6.45, 7) is 9.69. The number of ether oxygens (including phenoxy) is 2. The van der Waals surface area contributed by atoms with Crippen molar-refractivity contribution < 1.29 is 33.8 Å². The third-order valence-corrected chi connectivity index (χ3v) is 5.63. The Morgan fingerprint density at radius 2 is 1.74 bits per heavy atom. The molecule has 0 saturated carbocycles. The molecular weight excluding hydrogens is 490 g/mol. The summed E-state index contributed by atoms with van der Waals surface area (Å²) >= 11 is 0. The minimum atomic E-state index is -1.40. The molecule has 1 aromatic carbocycles. The average Bonchev–Trinajstić information content (AvgIpc) is 2.85. The van der Waals surface area contributed by atoms with Gasteiger partial charge in [0.2, 0.25) is 11.8 Å². The molecule has 1 aromatic rings. The number of esters is 1. The smallest absolute Gasteiger partial charge is 0.408 e. The van der Waals surface area contributed by atoms with E-state index in [1.54, 1.807) is 52.0 Å². The lowest BCUT2D eigenvalue weighted by Crippen LogP contribution is -2.57. The fourth-order valence-electron chi connectivity index (χ4n) is 3.74. The number of benzene rings is 1. The predicted octanol–water partition coefficient (Wildman–Crippen LogP) is 2.54. The molecule has 0 aromatic heterocycles. The first kappa shape index (κ1) is 32.4. The first-order valence-corrected chi connectivity index (χ1v) is 12.6. The summed E-state index contributed by atoms with van der Waals surface area (Å²) in [4.78, 5) is 53.1. The van der Waals surface area contributed by atoms with Crippen LogP contribution in [-0.2, 0) is 23.9 Å². The van der Waals surface area contributed by atoms with Crippen molar-refractivity contribution in [3.63, 3.8) is 0 Å². The van der Waals surface area contributed by atoms with Gasteiger partial charge in [0, 0.05) is 11.6 Å². The Labute approximate surface area is 225 Å². The van der Waals surface area contributed by atoms with Crippen LogP contribution in [0.3, 0.4) is 0 Å². The van der Waals surface area contributed by atoms with Gasteiger partial charge in [-0.1, -0.05) is 38.0 Å². The van der Waals surface area contributed by atoms with E-state index in [0.717, 1.165) is 6.42 Å². The number of aliphatic hydroxyl groups is 1. The number of amides is 3. The maximum Gasteiger partial charge on any atom is 0.408 e. The quantitative estimate of drug-likeness (QED) is 0.279. The third kappa shape index (κ3) is 10.1. The second-order valence-electron chi connectivity index (χ2n) is 10.4. The minimum Gasteiger partial charge on any atom is -0.468 e. The van der Waals surface area contributed by atoms with Gasteiger partial charge < -0.3 is 30.1 Å². The molecule has 10 heteroatoms. The van der Waals surface area contributed by atoms with Gasteiger partial charge in [0.25, 0.3) is 0 Å². The second-order valence-corrected chi connectivity index (χ2v) is 10.4. The molecule has 3 amide bonds. The molecule has 0 radical (unpaired) electrons. The van der Waals surface area contributed by atoms with E-state index in [-0.39, 0.29) is 0 Å². The number of nitrogens with zero attached hydrogens (tertiary/aromatic N) is 1. The highest BCUT2D eigenvalue weighted by Gasteiger charge is 2.39. The molecule has 0 aliphatic heterocycles. The third-order valence-electron chi connectivity index (χ3n) is 5.63. The minimum absolute atomic E-state index is 0.313. The Balaban J connectivity index is 3.61. The van der Waals surface area contributed by atoms with Crippen LogP contribution < -0.4 is 10.6 Å². The lowest BCUT2D eigenvalue weighted by molar-refractivity contribution is -0.147. The van der Waals surface area contributed by atoms with Gasteiger partial charge in [0.1, 0.15) is 24.2 Å². The molecule has 38 heavy (non-hydrogen) atoms.